The van der Waals surface area contributed by atoms with Crippen molar-refractivity contribution in [2.24, 2.45) is 0 Å². The van der Waals surface area contributed by atoms with Crippen LogP contribution in [0.1, 0.15) is 11.4 Å². The highest BCUT2D eigenvalue weighted by Gasteiger charge is 2.09. The van der Waals surface area contributed by atoms with Crippen LogP contribution < -0.4 is 4.74 Å². The fraction of sp³-hybridized carbons (Fsp3) is 0.182. The number of ether oxygens (including phenoxy) is 1. The minimum atomic E-state index is 0.445. The molecule has 0 fully saturated rings. The summed E-state index contributed by atoms with van der Waals surface area (Å²) < 4.78 is 5.66. The van der Waals surface area contributed by atoms with Crippen molar-refractivity contribution < 1.29 is 4.74 Å². The number of rotatable bonds is 1. The van der Waals surface area contributed by atoms with E-state index in [2.05, 4.69) is 16.0 Å². The van der Waals surface area contributed by atoms with Crippen LogP contribution in [-0.2, 0) is 0 Å². The second-order valence-electron chi connectivity index (χ2n) is 3.30. The van der Waals surface area contributed by atoms with Gasteiger partial charge in [-0.15, -0.1) is 0 Å². The quantitative estimate of drug-likeness (QED) is 0.766. The molecular formula is C11H9N3OS. The van der Waals surface area contributed by atoms with Gasteiger partial charge in [0.05, 0.1) is 23.6 Å². The summed E-state index contributed by atoms with van der Waals surface area (Å²) in [5.41, 5.74) is 1.21. The van der Waals surface area contributed by atoms with E-state index in [9.17, 15) is 0 Å². The Labute approximate surface area is 97.5 Å². The van der Waals surface area contributed by atoms with Crippen LogP contribution in [0, 0.1) is 22.9 Å². The van der Waals surface area contributed by atoms with E-state index in [1.54, 1.807) is 26.2 Å². The predicted molar refractivity (Wildman–Crippen MR) is 62.9 cm³/mol. The molecule has 0 bridgehead atoms. The lowest BCUT2D eigenvalue weighted by atomic mass is 10.1. The van der Waals surface area contributed by atoms with Gasteiger partial charge in [0, 0.05) is 0 Å². The molecule has 0 radical (unpaired) electrons. The van der Waals surface area contributed by atoms with E-state index in [0.29, 0.717) is 32.7 Å². The number of aromatic nitrogens is 2. The normalized spacial score (nSPS) is 10.1. The van der Waals surface area contributed by atoms with E-state index in [1.165, 1.54) is 0 Å². The van der Waals surface area contributed by atoms with E-state index in [1.807, 2.05) is 0 Å². The first kappa shape index (κ1) is 10.6. The molecule has 80 valence electrons. The molecule has 0 saturated carbocycles. The first-order chi connectivity index (χ1) is 7.67. The van der Waals surface area contributed by atoms with Gasteiger partial charge < -0.3 is 9.72 Å². The maximum absolute atomic E-state index is 9.02. The monoisotopic (exact) mass is 231 g/mol. The number of aromatic amines is 1. The third kappa shape index (κ3) is 1.53. The van der Waals surface area contributed by atoms with Gasteiger partial charge in [-0.1, -0.05) is 12.2 Å². The summed E-state index contributed by atoms with van der Waals surface area (Å²) in [6.45, 7) is 1.80. The van der Waals surface area contributed by atoms with Crippen molar-refractivity contribution in [1.29, 1.82) is 5.26 Å². The van der Waals surface area contributed by atoms with Gasteiger partial charge in [-0.25, -0.2) is 4.98 Å². The molecule has 5 heteroatoms. The molecule has 1 N–H and O–H groups in total. The Morgan fingerprint density at radius 1 is 1.50 bits per heavy atom. The number of benzene rings is 1. The molecule has 0 aliphatic rings. The van der Waals surface area contributed by atoms with Crippen LogP contribution in [0.25, 0.3) is 10.9 Å². The van der Waals surface area contributed by atoms with E-state index >= 15 is 0 Å². The largest absolute Gasteiger partial charge is 0.496 e. The van der Waals surface area contributed by atoms with Gasteiger partial charge >= 0.3 is 0 Å². The van der Waals surface area contributed by atoms with Crippen molar-refractivity contribution >= 4 is 23.1 Å². The molecule has 0 unspecified atom stereocenters. The lowest BCUT2D eigenvalue weighted by Crippen LogP contribution is -1.95. The predicted octanol–water partition coefficient (Wildman–Crippen LogP) is 2.48. The van der Waals surface area contributed by atoms with Gasteiger partial charge in [0.25, 0.3) is 0 Å². The van der Waals surface area contributed by atoms with Gasteiger partial charge in [0.2, 0.25) is 0 Å². The van der Waals surface area contributed by atoms with E-state index in [-0.39, 0.29) is 0 Å². The molecule has 2 rings (SSSR count). The Bertz CT molecular complexity index is 655. The summed E-state index contributed by atoms with van der Waals surface area (Å²) in [5, 5.41) is 9.70. The first-order valence-corrected chi connectivity index (χ1v) is 5.06. The fourth-order valence-electron chi connectivity index (χ4n) is 1.61. The highest BCUT2D eigenvalue weighted by Crippen LogP contribution is 2.27. The maximum Gasteiger partial charge on any atom is 0.141 e. The molecule has 1 aromatic heterocycles. The smallest absolute Gasteiger partial charge is 0.141 e. The molecule has 1 aromatic carbocycles. The van der Waals surface area contributed by atoms with Crippen molar-refractivity contribution in [1.82, 2.24) is 9.97 Å². The summed E-state index contributed by atoms with van der Waals surface area (Å²) in [6.07, 6.45) is 0. The topological polar surface area (TPSA) is 61.7 Å². The highest BCUT2D eigenvalue weighted by molar-refractivity contribution is 7.71. The Morgan fingerprint density at radius 3 is 2.88 bits per heavy atom. The molecule has 2 aromatic rings. The van der Waals surface area contributed by atoms with Crippen LogP contribution >= 0.6 is 12.2 Å². The SMILES string of the molecule is COc1ccc(C#N)c2[nH]c(C)nc(=S)c12. The summed E-state index contributed by atoms with van der Waals surface area (Å²) in [6, 6.07) is 5.54. The van der Waals surface area contributed by atoms with Crippen LogP contribution in [-0.4, -0.2) is 17.1 Å². The molecule has 1 heterocycles. The number of hydrogen-bond donors (Lipinski definition) is 1. The Hall–Kier alpha value is -1.93. The Morgan fingerprint density at radius 2 is 2.25 bits per heavy atom. The molecule has 0 saturated heterocycles. The van der Waals surface area contributed by atoms with Crippen LogP contribution in [0.5, 0.6) is 5.75 Å². The van der Waals surface area contributed by atoms with Crippen molar-refractivity contribution in [3.63, 3.8) is 0 Å². The van der Waals surface area contributed by atoms with E-state index in [0.717, 1.165) is 0 Å². The molecule has 16 heavy (non-hydrogen) atoms. The second kappa shape index (κ2) is 3.91. The van der Waals surface area contributed by atoms with Crippen molar-refractivity contribution in [3.05, 3.63) is 28.2 Å². The van der Waals surface area contributed by atoms with Crippen LogP contribution in [0.4, 0.5) is 0 Å². The standard InChI is InChI=1S/C11H9N3OS/c1-6-13-10-7(5-12)3-4-8(15-2)9(10)11(16)14-6/h3-4H,1-2H3,(H,13,14,16). The lowest BCUT2D eigenvalue weighted by Gasteiger charge is -2.07. The molecule has 4 nitrogen and oxygen atoms in total. The summed E-state index contributed by atoms with van der Waals surface area (Å²) >= 11 is 5.18. The number of methoxy groups -OCH3 is 1. The average Bonchev–Trinajstić information content (AvgIpc) is 2.27. The number of H-pyrrole nitrogens is 1. The maximum atomic E-state index is 9.02. The van der Waals surface area contributed by atoms with Crippen molar-refractivity contribution in [2.45, 2.75) is 6.92 Å². The third-order valence-electron chi connectivity index (χ3n) is 2.30. The highest BCUT2D eigenvalue weighted by atomic mass is 32.1. The number of fused-ring (bicyclic) bond motifs is 1. The first-order valence-electron chi connectivity index (χ1n) is 4.65. The summed E-state index contributed by atoms with van der Waals surface area (Å²) in [5.74, 6) is 1.31. The number of nitrogens with zero attached hydrogens (tertiary/aromatic N) is 2. The van der Waals surface area contributed by atoms with Crippen LogP contribution in [0.3, 0.4) is 0 Å². The molecule has 0 atom stereocenters. The number of nitrogens with one attached hydrogen (secondary N) is 1. The van der Waals surface area contributed by atoms with E-state index in [4.69, 9.17) is 22.2 Å². The lowest BCUT2D eigenvalue weighted by molar-refractivity contribution is 0.419. The van der Waals surface area contributed by atoms with Gasteiger partial charge in [0.1, 0.15) is 22.3 Å². The third-order valence-corrected chi connectivity index (χ3v) is 2.59. The van der Waals surface area contributed by atoms with Gasteiger partial charge in [-0.2, -0.15) is 5.26 Å². The zero-order valence-electron chi connectivity index (χ0n) is 8.87. The second-order valence-corrected chi connectivity index (χ2v) is 3.69. The van der Waals surface area contributed by atoms with Crippen molar-refractivity contribution in [3.8, 4) is 11.8 Å². The molecular weight excluding hydrogens is 222 g/mol. The van der Waals surface area contributed by atoms with Gasteiger partial charge in [-0.3, -0.25) is 0 Å². The molecule has 0 amide bonds. The fourth-order valence-corrected chi connectivity index (χ4v) is 1.95. The van der Waals surface area contributed by atoms with Gasteiger partial charge in [0.15, 0.2) is 0 Å². The average molecular weight is 231 g/mol. The molecule has 0 spiro atoms. The summed E-state index contributed by atoms with van der Waals surface area (Å²) in [4.78, 5) is 7.20. The zero-order chi connectivity index (χ0) is 11.7. The van der Waals surface area contributed by atoms with Gasteiger partial charge in [-0.05, 0) is 19.1 Å². The minimum absolute atomic E-state index is 0.445. The Kier molecular flexibility index (Phi) is 2.59. The number of hydrogen-bond acceptors (Lipinski definition) is 4. The number of aryl methyl sites for hydroxylation is 1. The molecule has 0 aliphatic carbocycles. The van der Waals surface area contributed by atoms with Crippen LogP contribution in [0.2, 0.25) is 0 Å². The number of nitriles is 1. The minimum Gasteiger partial charge on any atom is -0.496 e. The summed E-state index contributed by atoms with van der Waals surface area (Å²) in [7, 11) is 1.56. The van der Waals surface area contributed by atoms with E-state index < -0.39 is 0 Å². The Balaban J connectivity index is 3.03. The zero-order valence-corrected chi connectivity index (χ0v) is 9.68. The molecule has 0 aliphatic heterocycles. The van der Waals surface area contributed by atoms with Crippen LogP contribution in [0.15, 0.2) is 12.1 Å². The van der Waals surface area contributed by atoms with Crippen molar-refractivity contribution in [2.75, 3.05) is 7.11 Å².